The SMILES string of the molecule is C/C(CC(C)C)=N\N=C1\NC(=O)C(CC(=O)Nc2ccc(Cl)cc2Cl)S1. The Balaban J connectivity index is 1.93. The fourth-order valence-electron chi connectivity index (χ4n) is 2.31. The zero-order valence-electron chi connectivity index (χ0n) is 14.7. The summed E-state index contributed by atoms with van der Waals surface area (Å²) in [6.45, 7) is 6.09. The highest BCUT2D eigenvalue weighted by atomic mass is 35.5. The molecule has 0 radical (unpaired) electrons. The molecule has 1 heterocycles. The van der Waals surface area contributed by atoms with E-state index in [1.807, 2.05) is 6.92 Å². The minimum atomic E-state index is -0.555. The van der Waals surface area contributed by atoms with Gasteiger partial charge in [-0.25, -0.2) is 0 Å². The molecule has 26 heavy (non-hydrogen) atoms. The van der Waals surface area contributed by atoms with E-state index in [1.54, 1.807) is 12.1 Å². The van der Waals surface area contributed by atoms with E-state index in [1.165, 1.54) is 17.8 Å². The zero-order chi connectivity index (χ0) is 19.3. The lowest BCUT2D eigenvalue weighted by atomic mass is 10.1. The van der Waals surface area contributed by atoms with Crippen LogP contribution in [-0.2, 0) is 9.59 Å². The van der Waals surface area contributed by atoms with Gasteiger partial charge in [-0.1, -0.05) is 48.8 Å². The summed E-state index contributed by atoms with van der Waals surface area (Å²) in [5, 5.41) is 14.2. The van der Waals surface area contributed by atoms with Gasteiger partial charge in [0.2, 0.25) is 11.8 Å². The van der Waals surface area contributed by atoms with E-state index in [9.17, 15) is 9.59 Å². The summed E-state index contributed by atoms with van der Waals surface area (Å²) < 4.78 is 0. The monoisotopic (exact) mass is 414 g/mol. The average molecular weight is 415 g/mol. The van der Waals surface area contributed by atoms with E-state index in [0.29, 0.717) is 26.8 Å². The van der Waals surface area contributed by atoms with Gasteiger partial charge in [0.25, 0.3) is 0 Å². The number of nitrogens with one attached hydrogen (secondary N) is 2. The number of rotatable bonds is 6. The summed E-state index contributed by atoms with van der Waals surface area (Å²) in [6, 6.07) is 4.78. The molecule has 1 aromatic rings. The van der Waals surface area contributed by atoms with Crippen molar-refractivity contribution in [2.24, 2.45) is 16.1 Å². The summed E-state index contributed by atoms with van der Waals surface area (Å²) >= 11 is 13.1. The Morgan fingerprint density at radius 2 is 2.12 bits per heavy atom. The predicted molar refractivity (Wildman–Crippen MR) is 109 cm³/mol. The van der Waals surface area contributed by atoms with E-state index >= 15 is 0 Å². The van der Waals surface area contributed by atoms with Gasteiger partial charge in [-0.05, 0) is 37.5 Å². The van der Waals surface area contributed by atoms with Crippen LogP contribution in [0, 0.1) is 5.92 Å². The maximum absolute atomic E-state index is 12.2. The number of hydrogen-bond donors (Lipinski definition) is 2. The van der Waals surface area contributed by atoms with Crippen molar-refractivity contribution < 1.29 is 9.59 Å². The number of amidine groups is 1. The highest BCUT2D eigenvalue weighted by molar-refractivity contribution is 8.15. The van der Waals surface area contributed by atoms with Gasteiger partial charge in [-0.2, -0.15) is 5.10 Å². The van der Waals surface area contributed by atoms with Crippen LogP contribution in [0.15, 0.2) is 28.4 Å². The lowest BCUT2D eigenvalue weighted by Gasteiger charge is -2.09. The molecule has 6 nitrogen and oxygen atoms in total. The molecule has 2 amide bonds. The molecule has 0 bridgehead atoms. The highest BCUT2D eigenvalue weighted by Crippen LogP contribution is 2.27. The van der Waals surface area contributed by atoms with E-state index in [0.717, 1.165) is 12.1 Å². The molecule has 1 aliphatic heterocycles. The molecule has 1 unspecified atom stereocenters. The Kier molecular flexibility index (Phi) is 7.49. The Morgan fingerprint density at radius 1 is 1.38 bits per heavy atom. The van der Waals surface area contributed by atoms with Crippen molar-refractivity contribution in [1.29, 1.82) is 0 Å². The van der Waals surface area contributed by atoms with Crippen molar-refractivity contribution in [1.82, 2.24) is 5.32 Å². The van der Waals surface area contributed by atoms with Crippen molar-refractivity contribution >= 4 is 63.3 Å². The van der Waals surface area contributed by atoms with Crippen LogP contribution >= 0.6 is 35.0 Å². The number of nitrogens with zero attached hydrogens (tertiary/aromatic N) is 2. The number of amides is 2. The van der Waals surface area contributed by atoms with Gasteiger partial charge in [0.1, 0.15) is 5.25 Å². The van der Waals surface area contributed by atoms with Crippen molar-refractivity contribution in [2.45, 2.75) is 38.9 Å². The van der Waals surface area contributed by atoms with Gasteiger partial charge >= 0.3 is 0 Å². The van der Waals surface area contributed by atoms with Crippen LogP contribution in [0.25, 0.3) is 0 Å². The summed E-state index contributed by atoms with van der Waals surface area (Å²) in [6.07, 6.45) is 0.840. The third kappa shape index (κ3) is 6.30. The number of halogens is 2. The van der Waals surface area contributed by atoms with Gasteiger partial charge in [-0.15, -0.1) is 5.10 Å². The molecule has 2 rings (SSSR count). The minimum absolute atomic E-state index is 0.00314. The number of benzene rings is 1. The van der Waals surface area contributed by atoms with Gasteiger partial charge in [0, 0.05) is 17.2 Å². The van der Waals surface area contributed by atoms with Crippen molar-refractivity contribution in [2.75, 3.05) is 5.32 Å². The van der Waals surface area contributed by atoms with Crippen LogP contribution < -0.4 is 10.6 Å². The maximum atomic E-state index is 12.2. The highest BCUT2D eigenvalue weighted by Gasteiger charge is 2.32. The Hall–Kier alpha value is -1.57. The average Bonchev–Trinajstić information content (AvgIpc) is 2.87. The first-order chi connectivity index (χ1) is 12.2. The molecular formula is C17H20Cl2N4O2S. The molecule has 2 N–H and O–H groups in total. The second kappa shape index (κ2) is 9.39. The van der Waals surface area contributed by atoms with Gasteiger partial charge in [0.05, 0.1) is 10.7 Å². The molecule has 0 aromatic heterocycles. The molecule has 0 spiro atoms. The van der Waals surface area contributed by atoms with Crippen LogP contribution in [0.2, 0.25) is 10.0 Å². The standard InChI is InChI=1S/C17H20Cl2N4O2S/c1-9(2)6-10(3)22-23-17-21-16(25)14(26-17)8-15(24)20-13-5-4-11(18)7-12(13)19/h4-5,7,9,14H,6,8H2,1-3H3,(H,20,24)(H,21,23,25)/b22-10+. The maximum Gasteiger partial charge on any atom is 0.240 e. The normalized spacial score (nSPS) is 19.2. The first kappa shape index (κ1) is 20.7. The van der Waals surface area contributed by atoms with Crippen molar-refractivity contribution in [3.05, 3.63) is 28.2 Å². The quantitative estimate of drug-likeness (QED) is 0.536. The Morgan fingerprint density at radius 3 is 2.77 bits per heavy atom. The van der Waals surface area contributed by atoms with Crippen LogP contribution in [0.4, 0.5) is 5.69 Å². The number of hydrogen-bond acceptors (Lipinski definition) is 5. The van der Waals surface area contributed by atoms with Gasteiger partial charge in [-0.3, -0.25) is 9.59 Å². The fourth-order valence-corrected chi connectivity index (χ4v) is 3.68. The molecule has 1 saturated heterocycles. The number of carbonyl (C=O) groups excluding carboxylic acids is 2. The van der Waals surface area contributed by atoms with Crippen molar-refractivity contribution in [3.8, 4) is 0 Å². The molecule has 0 saturated carbocycles. The zero-order valence-corrected chi connectivity index (χ0v) is 17.0. The second-order valence-corrected chi connectivity index (χ2v) is 8.35. The van der Waals surface area contributed by atoms with Gasteiger partial charge in [0.15, 0.2) is 5.17 Å². The first-order valence-corrected chi connectivity index (χ1v) is 9.71. The molecule has 0 aliphatic carbocycles. The lowest BCUT2D eigenvalue weighted by molar-refractivity contribution is -0.122. The van der Waals surface area contributed by atoms with Crippen LogP contribution in [0.1, 0.15) is 33.6 Å². The van der Waals surface area contributed by atoms with Crippen LogP contribution in [0.5, 0.6) is 0 Å². The molecular weight excluding hydrogens is 395 g/mol. The lowest BCUT2D eigenvalue weighted by Crippen LogP contribution is -2.28. The Labute approximate surface area is 166 Å². The van der Waals surface area contributed by atoms with Crippen LogP contribution in [-0.4, -0.2) is 27.9 Å². The van der Waals surface area contributed by atoms with Crippen LogP contribution in [0.3, 0.4) is 0 Å². The minimum Gasteiger partial charge on any atom is -0.325 e. The molecule has 9 heteroatoms. The summed E-state index contributed by atoms with van der Waals surface area (Å²) in [4.78, 5) is 24.2. The predicted octanol–water partition coefficient (Wildman–Crippen LogP) is 4.33. The summed E-state index contributed by atoms with van der Waals surface area (Å²) in [7, 11) is 0. The number of anilines is 1. The third-order valence-electron chi connectivity index (χ3n) is 3.37. The number of thioether (sulfide) groups is 1. The molecule has 1 atom stereocenters. The van der Waals surface area contributed by atoms with Gasteiger partial charge < -0.3 is 10.6 Å². The summed E-state index contributed by atoms with van der Waals surface area (Å²) in [5.41, 5.74) is 1.34. The van der Waals surface area contributed by atoms with E-state index in [-0.39, 0.29) is 18.2 Å². The third-order valence-corrected chi connectivity index (χ3v) is 4.99. The van der Waals surface area contributed by atoms with E-state index in [4.69, 9.17) is 23.2 Å². The fraction of sp³-hybridized carbons (Fsp3) is 0.412. The largest absolute Gasteiger partial charge is 0.325 e. The van der Waals surface area contributed by atoms with Crippen molar-refractivity contribution in [3.63, 3.8) is 0 Å². The molecule has 1 aromatic carbocycles. The van der Waals surface area contributed by atoms with E-state index in [2.05, 4.69) is 34.7 Å². The molecule has 1 aliphatic rings. The topological polar surface area (TPSA) is 82.9 Å². The smallest absolute Gasteiger partial charge is 0.240 e. The molecule has 1 fully saturated rings. The van der Waals surface area contributed by atoms with E-state index < -0.39 is 5.25 Å². The Bertz CT molecular complexity index is 765. The molecule has 140 valence electrons. The number of carbonyl (C=O) groups is 2. The first-order valence-electron chi connectivity index (χ1n) is 8.08. The summed E-state index contributed by atoms with van der Waals surface area (Å²) in [5.74, 6) is -0.0914. The second-order valence-electron chi connectivity index (χ2n) is 6.31.